The van der Waals surface area contributed by atoms with E-state index >= 15 is 0 Å². The first kappa shape index (κ1) is 17.4. The second-order valence-corrected chi connectivity index (χ2v) is 6.54. The zero-order valence-electron chi connectivity index (χ0n) is 14.8. The Kier molecular flexibility index (Phi) is 5.31. The van der Waals surface area contributed by atoms with E-state index in [9.17, 15) is 0 Å². The SMILES string of the molecule is COc1ccc(C[NH+](C)Cn2nc(-c3ccccc3)n(C)c2=S)cc1. The van der Waals surface area contributed by atoms with E-state index in [-0.39, 0.29) is 0 Å². The molecule has 6 heteroatoms. The van der Waals surface area contributed by atoms with Crippen molar-refractivity contribution in [2.75, 3.05) is 14.2 Å². The molecule has 130 valence electrons. The van der Waals surface area contributed by atoms with Crippen LogP contribution in [0, 0.1) is 4.77 Å². The van der Waals surface area contributed by atoms with Crippen LogP contribution in [-0.4, -0.2) is 28.5 Å². The van der Waals surface area contributed by atoms with Crippen LogP contribution in [0.1, 0.15) is 5.56 Å². The van der Waals surface area contributed by atoms with E-state index < -0.39 is 0 Å². The molecule has 1 heterocycles. The normalized spacial score (nSPS) is 12.1. The Morgan fingerprint density at radius 1 is 1.08 bits per heavy atom. The molecule has 0 radical (unpaired) electrons. The number of methoxy groups -OCH3 is 1. The zero-order chi connectivity index (χ0) is 17.8. The average Bonchev–Trinajstić information content (AvgIpc) is 2.91. The molecular weight excluding hydrogens is 332 g/mol. The molecule has 1 aromatic heterocycles. The Hall–Kier alpha value is -2.44. The standard InChI is InChI=1S/C19H22N4OS/c1-21(13-15-9-11-17(24-3)12-10-15)14-23-19(25)22(2)18(20-23)16-7-5-4-6-8-16/h4-12H,13-14H2,1-3H3/p+1. The number of quaternary nitrogens is 1. The maximum absolute atomic E-state index is 5.56. The Bertz CT molecular complexity index is 884. The summed E-state index contributed by atoms with van der Waals surface area (Å²) in [4.78, 5) is 1.30. The Labute approximate surface area is 153 Å². The summed E-state index contributed by atoms with van der Waals surface area (Å²) >= 11 is 5.56. The fourth-order valence-electron chi connectivity index (χ4n) is 2.83. The van der Waals surface area contributed by atoms with Crippen LogP contribution in [0.4, 0.5) is 0 Å². The Balaban J connectivity index is 1.75. The maximum Gasteiger partial charge on any atom is 0.202 e. The minimum Gasteiger partial charge on any atom is -0.497 e. The summed E-state index contributed by atoms with van der Waals surface area (Å²) in [7, 11) is 5.79. The number of hydrogen-bond donors (Lipinski definition) is 1. The van der Waals surface area contributed by atoms with Crippen LogP contribution < -0.4 is 9.64 Å². The fraction of sp³-hybridized carbons (Fsp3) is 0.263. The predicted molar refractivity (Wildman–Crippen MR) is 101 cm³/mol. The van der Waals surface area contributed by atoms with Gasteiger partial charge >= 0.3 is 0 Å². The van der Waals surface area contributed by atoms with E-state index in [0.717, 1.165) is 28.5 Å². The highest BCUT2D eigenvalue weighted by molar-refractivity contribution is 7.71. The van der Waals surface area contributed by atoms with Crippen molar-refractivity contribution in [1.29, 1.82) is 0 Å². The van der Waals surface area contributed by atoms with Crippen molar-refractivity contribution in [3.05, 3.63) is 64.9 Å². The highest BCUT2D eigenvalue weighted by Crippen LogP contribution is 2.16. The van der Waals surface area contributed by atoms with Crippen LogP contribution in [0.3, 0.4) is 0 Å². The lowest BCUT2D eigenvalue weighted by Gasteiger charge is -2.14. The molecule has 0 aliphatic rings. The summed E-state index contributed by atoms with van der Waals surface area (Å²) in [5, 5.41) is 4.72. The van der Waals surface area contributed by atoms with Gasteiger partial charge in [0.15, 0.2) is 12.5 Å². The van der Waals surface area contributed by atoms with Crippen molar-refractivity contribution < 1.29 is 9.64 Å². The molecule has 0 saturated heterocycles. The molecule has 2 aromatic carbocycles. The molecule has 25 heavy (non-hydrogen) atoms. The quantitative estimate of drug-likeness (QED) is 0.690. The smallest absolute Gasteiger partial charge is 0.202 e. The van der Waals surface area contributed by atoms with Crippen LogP contribution in [0.2, 0.25) is 0 Å². The van der Waals surface area contributed by atoms with Crippen molar-refractivity contribution in [2.45, 2.75) is 13.2 Å². The topological polar surface area (TPSA) is 36.4 Å². The number of nitrogens with zero attached hydrogens (tertiary/aromatic N) is 3. The molecule has 0 bridgehead atoms. The van der Waals surface area contributed by atoms with Gasteiger partial charge in [0.1, 0.15) is 12.3 Å². The van der Waals surface area contributed by atoms with E-state index in [0.29, 0.717) is 6.67 Å². The minimum atomic E-state index is 0.714. The average molecular weight is 355 g/mol. The van der Waals surface area contributed by atoms with Gasteiger partial charge in [-0.05, 0) is 36.5 Å². The van der Waals surface area contributed by atoms with Gasteiger partial charge in [-0.1, -0.05) is 30.3 Å². The summed E-state index contributed by atoms with van der Waals surface area (Å²) in [5.41, 5.74) is 2.33. The van der Waals surface area contributed by atoms with E-state index in [1.165, 1.54) is 10.5 Å². The molecule has 0 saturated carbocycles. The highest BCUT2D eigenvalue weighted by atomic mass is 32.1. The third kappa shape index (κ3) is 3.97. The number of nitrogens with one attached hydrogen (secondary N) is 1. The molecule has 0 amide bonds. The van der Waals surface area contributed by atoms with Crippen LogP contribution in [0.25, 0.3) is 11.4 Å². The molecule has 0 aliphatic carbocycles. The van der Waals surface area contributed by atoms with Crippen molar-refractivity contribution in [2.24, 2.45) is 7.05 Å². The summed E-state index contributed by atoms with van der Waals surface area (Å²) < 4.78 is 9.80. The third-order valence-electron chi connectivity index (χ3n) is 4.16. The molecule has 0 aliphatic heterocycles. The largest absolute Gasteiger partial charge is 0.497 e. The minimum absolute atomic E-state index is 0.714. The van der Waals surface area contributed by atoms with Crippen molar-refractivity contribution in [1.82, 2.24) is 14.3 Å². The second-order valence-electron chi connectivity index (χ2n) is 6.17. The molecule has 0 spiro atoms. The second kappa shape index (κ2) is 7.63. The Morgan fingerprint density at radius 3 is 2.40 bits per heavy atom. The van der Waals surface area contributed by atoms with Crippen LogP contribution in [0.15, 0.2) is 54.6 Å². The van der Waals surface area contributed by atoms with E-state index in [2.05, 4.69) is 31.3 Å². The summed E-state index contributed by atoms with van der Waals surface area (Å²) in [6.45, 7) is 1.61. The van der Waals surface area contributed by atoms with Crippen molar-refractivity contribution in [3.63, 3.8) is 0 Å². The van der Waals surface area contributed by atoms with Gasteiger partial charge in [0, 0.05) is 18.2 Å². The monoisotopic (exact) mass is 355 g/mol. The highest BCUT2D eigenvalue weighted by Gasteiger charge is 2.13. The van der Waals surface area contributed by atoms with E-state index in [4.69, 9.17) is 22.1 Å². The van der Waals surface area contributed by atoms with Gasteiger partial charge in [-0.25, -0.2) is 0 Å². The number of ether oxygens (including phenoxy) is 1. The lowest BCUT2D eigenvalue weighted by atomic mass is 10.2. The maximum atomic E-state index is 5.56. The summed E-state index contributed by atoms with van der Waals surface area (Å²) in [5.74, 6) is 1.77. The Morgan fingerprint density at radius 2 is 1.76 bits per heavy atom. The first-order valence-electron chi connectivity index (χ1n) is 8.22. The van der Waals surface area contributed by atoms with Crippen LogP contribution >= 0.6 is 12.2 Å². The van der Waals surface area contributed by atoms with Gasteiger partial charge in [-0.2, -0.15) is 4.68 Å². The molecule has 3 rings (SSSR count). The van der Waals surface area contributed by atoms with E-state index in [1.54, 1.807) is 7.11 Å². The number of hydrogen-bond acceptors (Lipinski definition) is 3. The number of rotatable bonds is 6. The first-order valence-corrected chi connectivity index (χ1v) is 8.63. The van der Waals surface area contributed by atoms with Crippen molar-refractivity contribution >= 4 is 12.2 Å². The first-order chi connectivity index (χ1) is 12.1. The summed E-state index contributed by atoms with van der Waals surface area (Å²) in [6.07, 6.45) is 0. The van der Waals surface area contributed by atoms with Gasteiger partial charge in [0.2, 0.25) is 4.77 Å². The predicted octanol–water partition coefficient (Wildman–Crippen LogP) is 2.30. The molecule has 1 atom stereocenters. The van der Waals surface area contributed by atoms with Gasteiger partial charge in [-0.15, -0.1) is 5.10 Å². The third-order valence-corrected chi connectivity index (χ3v) is 4.64. The van der Waals surface area contributed by atoms with Gasteiger partial charge in [0.05, 0.1) is 14.2 Å². The molecule has 5 nitrogen and oxygen atoms in total. The van der Waals surface area contributed by atoms with Gasteiger partial charge in [-0.3, -0.25) is 0 Å². The van der Waals surface area contributed by atoms with Crippen LogP contribution in [0.5, 0.6) is 5.75 Å². The fourth-order valence-corrected chi connectivity index (χ4v) is 3.02. The lowest BCUT2D eigenvalue weighted by Crippen LogP contribution is -3.07. The summed E-state index contributed by atoms with van der Waals surface area (Å²) in [6, 6.07) is 18.3. The number of benzene rings is 2. The van der Waals surface area contributed by atoms with E-state index in [1.807, 2.05) is 46.6 Å². The molecular formula is C19H23N4OS+. The molecule has 1 unspecified atom stereocenters. The van der Waals surface area contributed by atoms with Gasteiger partial charge in [0.25, 0.3) is 0 Å². The van der Waals surface area contributed by atoms with Crippen LogP contribution in [-0.2, 0) is 20.3 Å². The van der Waals surface area contributed by atoms with Crippen molar-refractivity contribution in [3.8, 4) is 17.1 Å². The van der Waals surface area contributed by atoms with Gasteiger partial charge < -0.3 is 14.2 Å². The molecule has 3 aromatic rings. The molecule has 1 N–H and O–H groups in total. The lowest BCUT2D eigenvalue weighted by molar-refractivity contribution is -0.917. The zero-order valence-corrected chi connectivity index (χ0v) is 15.6. The number of aromatic nitrogens is 3. The molecule has 0 fully saturated rings.